The standard InChI is InChI=1S/C16H17NO/c1-2-6-13-11-14(16(17)18)9-10-15(13)12-7-4-3-5-8-12/h3-5,7-11H,2,6H2,1H3,(H2,17,18). The van der Waals surface area contributed by atoms with Crippen LogP contribution in [0.15, 0.2) is 48.5 Å². The quantitative estimate of drug-likeness (QED) is 0.873. The summed E-state index contributed by atoms with van der Waals surface area (Å²) in [7, 11) is 0. The minimum atomic E-state index is -0.369. The van der Waals surface area contributed by atoms with Crippen LogP contribution in [-0.4, -0.2) is 5.91 Å². The molecule has 2 aromatic rings. The summed E-state index contributed by atoms with van der Waals surface area (Å²) < 4.78 is 0. The molecule has 0 atom stereocenters. The summed E-state index contributed by atoms with van der Waals surface area (Å²) in [6, 6.07) is 15.9. The van der Waals surface area contributed by atoms with Gasteiger partial charge in [-0.1, -0.05) is 49.7 Å². The zero-order chi connectivity index (χ0) is 13.0. The highest BCUT2D eigenvalue weighted by Crippen LogP contribution is 2.25. The minimum absolute atomic E-state index is 0.369. The van der Waals surface area contributed by atoms with Crippen LogP contribution in [0, 0.1) is 0 Å². The van der Waals surface area contributed by atoms with Gasteiger partial charge in [0.05, 0.1) is 0 Å². The summed E-state index contributed by atoms with van der Waals surface area (Å²) in [6.07, 6.45) is 1.99. The average molecular weight is 239 g/mol. The normalized spacial score (nSPS) is 10.3. The average Bonchev–Trinajstić information content (AvgIpc) is 2.40. The molecule has 18 heavy (non-hydrogen) atoms. The van der Waals surface area contributed by atoms with E-state index in [0.717, 1.165) is 12.8 Å². The number of hydrogen-bond acceptors (Lipinski definition) is 1. The van der Waals surface area contributed by atoms with Crippen molar-refractivity contribution in [1.82, 2.24) is 0 Å². The van der Waals surface area contributed by atoms with Crippen LogP contribution in [0.5, 0.6) is 0 Å². The Hall–Kier alpha value is -2.09. The number of benzene rings is 2. The van der Waals surface area contributed by atoms with Gasteiger partial charge in [0, 0.05) is 5.56 Å². The van der Waals surface area contributed by atoms with Crippen LogP contribution in [-0.2, 0) is 6.42 Å². The second-order valence-electron chi connectivity index (χ2n) is 4.35. The van der Waals surface area contributed by atoms with Crippen LogP contribution < -0.4 is 5.73 Å². The first kappa shape index (κ1) is 12.4. The number of carbonyl (C=O) groups excluding carboxylic acids is 1. The Labute approximate surface area is 107 Å². The van der Waals surface area contributed by atoms with Crippen LogP contribution in [0.3, 0.4) is 0 Å². The first-order valence-electron chi connectivity index (χ1n) is 6.20. The molecular formula is C16H17NO. The predicted molar refractivity (Wildman–Crippen MR) is 74.4 cm³/mol. The van der Waals surface area contributed by atoms with Gasteiger partial charge in [0.25, 0.3) is 0 Å². The van der Waals surface area contributed by atoms with Gasteiger partial charge in [-0.3, -0.25) is 4.79 Å². The third-order valence-electron chi connectivity index (χ3n) is 2.99. The number of aryl methyl sites for hydroxylation is 1. The Bertz CT molecular complexity index is 546. The van der Waals surface area contributed by atoms with Crippen molar-refractivity contribution in [3.8, 4) is 11.1 Å². The van der Waals surface area contributed by atoms with Gasteiger partial charge in [0.2, 0.25) is 5.91 Å². The third kappa shape index (κ3) is 2.59. The number of hydrogen-bond donors (Lipinski definition) is 1. The molecule has 0 aliphatic heterocycles. The van der Waals surface area contributed by atoms with Crippen molar-refractivity contribution in [2.45, 2.75) is 19.8 Å². The molecular weight excluding hydrogens is 222 g/mol. The van der Waals surface area contributed by atoms with Crippen LogP contribution in [0.1, 0.15) is 29.3 Å². The summed E-state index contributed by atoms with van der Waals surface area (Å²) in [5.74, 6) is -0.369. The first-order chi connectivity index (χ1) is 8.72. The maximum atomic E-state index is 11.2. The smallest absolute Gasteiger partial charge is 0.248 e. The second kappa shape index (κ2) is 5.50. The Balaban J connectivity index is 2.50. The fourth-order valence-electron chi connectivity index (χ4n) is 2.12. The molecule has 92 valence electrons. The van der Waals surface area contributed by atoms with Crippen LogP contribution in [0.2, 0.25) is 0 Å². The Morgan fingerprint density at radius 2 is 1.83 bits per heavy atom. The molecule has 0 unspecified atom stereocenters. The Kier molecular flexibility index (Phi) is 3.78. The molecule has 2 heteroatoms. The molecule has 2 rings (SSSR count). The molecule has 0 bridgehead atoms. The molecule has 2 nitrogen and oxygen atoms in total. The number of rotatable bonds is 4. The van der Waals surface area contributed by atoms with Crippen molar-refractivity contribution < 1.29 is 4.79 Å². The Morgan fingerprint density at radius 1 is 1.11 bits per heavy atom. The lowest BCUT2D eigenvalue weighted by molar-refractivity contribution is 0.1000. The van der Waals surface area contributed by atoms with Crippen LogP contribution in [0.4, 0.5) is 0 Å². The molecule has 0 saturated heterocycles. The molecule has 1 amide bonds. The van der Waals surface area contributed by atoms with E-state index < -0.39 is 0 Å². The Morgan fingerprint density at radius 3 is 2.44 bits per heavy atom. The predicted octanol–water partition coefficient (Wildman–Crippen LogP) is 3.41. The van der Waals surface area contributed by atoms with Crippen molar-refractivity contribution in [3.63, 3.8) is 0 Å². The number of primary amides is 1. The van der Waals surface area contributed by atoms with E-state index >= 15 is 0 Å². The van der Waals surface area contributed by atoms with E-state index in [-0.39, 0.29) is 5.91 Å². The fraction of sp³-hybridized carbons (Fsp3) is 0.188. The lowest BCUT2D eigenvalue weighted by Crippen LogP contribution is -2.11. The van der Waals surface area contributed by atoms with E-state index in [9.17, 15) is 4.79 Å². The zero-order valence-corrected chi connectivity index (χ0v) is 10.5. The summed E-state index contributed by atoms with van der Waals surface area (Å²) in [5.41, 5.74) is 9.45. The number of nitrogens with two attached hydrogens (primary N) is 1. The second-order valence-corrected chi connectivity index (χ2v) is 4.35. The van der Waals surface area contributed by atoms with E-state index in [2.05, 4.69) is 19.1 Å². The van der Waals surface area contributed by atoms with Gasteiger partial charge < -0.3 is 5.73 Å². The van der Waals surface area contributed by atoms with Crippen LogP contribution >= 0.6 is 0 Å². The van der Waals surface area contributed by atoms with E-state index in [0.29, 0.717) is 5.56 Å². The highest BCUT2D eigenvalue weighted by molar-refractivity contribution is 5.93. The summed E-state index contributed by atoms with van der Waals surface area (Å²) in [5, 5.41) is 0. The molecule has 0 spiro atoms. The maximum Gasteiger partial charge on any atom is 0.248 e. The topological polar surface area (TPSA) is 43.1 Å². The number of carbonyl (C=O) groups is 1. The van der Waals surface area contributed by atoms with E-state index in [4.69, 9.17) is 5.73 Å². The summed E-state index contributed by atoms with van der Waals surface area (Å²) in [4.78, 5) is 11.2. The van der Waals surface area contributed by atoms with Gasteiger partial charge in [-0.2, -0.15) is 0 Å². The zero-order valence-electron chi connectivity index (χ0n) is 10.5. The molecule has 0 fully saturated rings. The van der Waals surface area contributed by atoms with Crippen LogP contribution in [0.25, 0.3) is 11.1 Å². The van der Waals surface area contributed by atoms with Gasteiger partial charge in [0.1, 0.15) is 0 Å². The van der Waals surface area contributed by atoms with E-state index in [1.54, 1.807) is 6.07 Å². The van der Waals surface area contributed by atoms with Gasteiger partial charge in [-0.25, -0.2) is 0 Å². The molecule has 0 heterocycles. The lowest BCUT2D eigenvalue weighted by Gasteiger charge is -2.10. The largest absolute Gasteiger partial charge is 0.366 e. The summed E-state index contributed by atoms with van der Waals surface area (Å²) >= 11 is 0. The molecule has 0 aliphatic carbocycles. The highest BCUT2D eigenvalue weighted by atomic mass is 16.1. The molecule has 0 radical (unpaired) electrons. The van der Waals surface area contributed by atoms with Gasteiger partial charge in [0.15, 0.2) is 0 Å². The van der Waals surface area contributed by atoms with E-state index in [1.807, 2.05) is 30.3 Å². The molecule has 0 aliphatic rings. The lowest BCUT2D eigenvalue weighted by atomic mass is 9.95. The SMILES string of the molecule is CCCc1cc(C(N)=O)ccc1-c1ccccc1. The summed E-state index contributed by atoms with van der Waals surface area (Å²) in [6.45, 7) is 2.13. The van der Waals surface area contributed by atoms with Crippen molar-refractivity contribution in [2.24, 2.45) is 5.73 Å². The maximum absolute atomic E-state index is 11.2. The van der Waals surface area contributed by atoms with Crippen molar-refractivity contribution in [2.75, 3.05) is 0 Å². The third-order valence-corrected chi connectivity index (χ3v) is 2.99. The molecule has 2 N–H and O–H groups in total. The van der Waals surface area contributed by atoms with Gasteiger partial charge >= 0.3 is 0 Å². The number of amides is 1. The van der Waals surface area contributed by atoms with Gasteiger partial charge in [-0.05, 0) is 35.2 Å². The molecule has 0 saturated carbocycles. The van der Waals surface area contributed by atoms with E-state index in [1.165, 1.54) is 16.7 Å². The monoisotopic (exact) mass is 239 g/mol. The highest BCUT2D eigenvalue weighted by Gasteiger charge is 2.08. The van der Waals surface area contributed by atoms with Crippen molar-refractivity contribution in [1.29, 1.82) is 0 Å². The molecule has 0 aromatic heterocycles. The van der Waals surface area contributed by atoms with Gasteiger partial charge in [-0.15, -0.1) is 0 Å². The first-order valence-corrected chi connectivity index (χ1v) is 6.20. The minimum Gasteiger partial charge on any atom is -0.366 e. The fourth-order valence-corrected chi connectivity index (χ4v) is 2.12. The van der Waals surface area contributed by atoms with Crippen molar-refractivity contribution >= 4 is 5.91 Å². The molecule has 2 aromatic carbocycles. The van der Waals surface area contributed by atoms with Crippen molar-refractivity contribution in [3.05, 3.63) is 59.7 Å².